The summed E-state index contributed by atoms with van der Waals surface area (Å²) in [6.07, 6.45) is 1.73. The SMILES string of the molecule is CCOC(=O)[C@@H]1CCCN(c2ccc(-c3nc(-c4ccc(OC)cc4)no3)nn2)C1. The van der Waals surface area contributed by atoms with Crippen molar-refractivity contribution in [1.29, 1.82) is 0 Å². The Morgan fingerprint density at radius 3 is 2.73 bits per heavy atom. The average Bonchev–Trinajstić information content (AvgIpc) is 3.30. The number of hydrogen-bond acceptors (Lipinski definition) is 9. The molecule has 1 fully saturated rings. The van der Waals surface area contributed by atoms with E-state index in [2.05, 4.69) is 25.2 Å². The van der Waals surface area contributed by atoms with Gasteiger partial charge in [-0.3, -0.25) is 4.79 Å². The van der Waals surface area contributed by atoms with Crippen LogP contribution in [0.4, 0.5) is 5.82 Å². The molecule has 1 aliphatic rings. The highest BCUT2D eigenvalue weighted by Gasteiger charge is 2.27. The van der Waals surface area contributed by atoms with Gasteiger partial charge in [0.15, 0.2) is 11.5 Å². The highest BCUT2D eigenvalue weighted by molar-refractivity contribution is 5.73. The second-order valence-electron chi connectivity index (χ2n) is 6.97. The average molecular weight is 409 g/mol. The lowest BCUT2D eigenvalue weighted by molar-refractivity contribution is -0.148. The van der Waals surface area contributed by atoms with Crippen molar-refractivity contribution in [3.05, 3.63) is 36.4 Å². The summed E-state index contributed by atoms with van der Waals surface area (Å²) >= 11 is 0. The number of benzene rings is 1. The van der Waals surface area contributed by atoms with Crippen LogP contribution in [-0.2, 0) is 9.53 Å². The summed E-state index contributed by atoms with van der Waals surface area (Å²) in [6.45, 7) is 3.62. The van der Waals surface area contributed by atoms with Crippen LogP contribution in [0.25, 0.3) is 23.0 Å². The molecule has 156 valence electrons. The zero-order chi connectivity index (χ0) is 20.9. The molecule has 0 amide bonds. The predicted molar refractivity (Wildman–Crippen MR) is 109 cm³/mol. The van der Waals surface area contributed by atoms with Crippen molar-refractivity contribution < 1.29 is 18.8 Å². The first-order valence-electron chi connectivity index (χ1n) is 9.91. The molecule has 0 bridgehead atoms. The molecular weight excluding hydrogens is 386 g/mol. The lowest BCUT2D eigenvalue weighted by Gasteiger charge is -2.31. The highest BCUT2D eigenvalue weighted by atomic mass is 16.5. The van der Waals surface area contributed by atoms with E-state index in [-0.39, 0.29) is 11.9 Å². The van der Waals surface area contributed by atoms with Crippen LogP contribution in [-0.4, -0.2) is 53.1 Å². The number of aromatic nitrogens is 4. The molecule has 0 unspecified atom stereocenters. The minimum Gasteiger partial charge on any atom is -0.497 e. The van der Waals surface area contributed by atoms with E-state index >= 15 is 0 Å². The van der Waals surface area contributed by atoms with Gasteiger partial charge >= 0.3 is 5.97 Å². The molecule has 3 heterocycles. The third kappa shape index (κ3) is 4.24. The number of hydrogen-bond donors (Lipinski definition) is 0. The maximum Gasteiger partial charge on any atom is 0.310 e. The molecule has 0 aliphatic carbocycles. The van der Waals surface area contributed by atoms with Crippen molar-refractivity contribution in [1.82, 2.24) is 20.3 Å². The van der Waals surface area contributed by atoms with E-state index < -0.39 is 0 Å². The van der Waals surface area contributed by atoms with Gasteiger partial charge in [0, 0.05) is 18.7 Å². The molecule has 0 spiro atoms. The van der Waals surface area contributed by atoms with E-state index in [0.29, 0.717) is 36.4 Å². The Balaban J connectivity index is 1.46. The van der Waals surface area contributed by atoms with Crippen LogP contribution >= 0.6 is 0 Å². The van der Waals surface area contributed by atoms with E-state index in [4.69, 9.17) is 14.0 Å². The summed E-state index contributed by atoms with van der Waals surface area (Å²) in [5.41, 5.74) is 1.30. The maximum atomic E-state index is 12.0. The Labute approximate surface area is 174 Å². The predicted octanol–water partition coefficient (Wildman–Crippen LogP) is 2.98. The molecule has 9 nitrogen and oxygen atoms in total. The first-order valence-corrected chi connectivity index (χ1v) is 9.91. The molecule has 1 atom stereocenters. The summed E-state index contributed by atoms with van der Waals surface area (Å²) in [5.74, 6) is 1.94. The van der Waals surface area contributed by atoms with Gasteiger partial charge in [-0.25, -0.2) is 0 Å². The van der Waals surface area contributed by atoms with Crippen LogP contribution in [0.1, 0.15) is 19.8 Å². The molecule has 0 saturated carbocycles. The van der Waals surface area contributed by atoms with Crippen molar-refractivity contribution in [3.8, 4) is 28.7 Å². The first kappa shape index (κ1) is 19.8. The third-order valence-electron chi connectivity index (χ3n) is 5.01. The number of esters is 1. The summed E-state index contributed by atoms with van der Waals surface area (Å²) in [6, 6.07) is 11.0. The summed E-state index contributed by atoms with van der Waals surface area (Å²) < 4.78 is 15.7. The van der Waals surface area contributed by atoms with Crippen LogP contribution in [0, 0.1) is 5.92 Å². The van der Waals surface area contributed by atoms with E-state index in [1.807, 2.05) is 37.3 Å². The molecule has 0 N–H and O–H groups in total. The monoisotopic (exact) mass is 409 g/mol. The Kier molecular flexibility index (Phi) is 5.87. The fraction of sp³-hybridized carbons (Fsp3) is 0.381. The molecular formula is C21H23N5O4. The van der Waals surface area contributed by atoms with Gasteiger partial charge in [-0.05, 0) is 56.2 Å². The largest absolute Gasteiger partial charge is 0.497 e. The zero-order valence-electron chi connectivity index (χ0n) is 16.9. The van der Waals surface area contributed by atoms with E-state index in [1.54, 1.807) is 13.2 Å². The van der Waals surface area contributed by atoms with Gasteiger partial charge in [0.1, 0.15) is 5.75 Å². The molecule has 1 aliphatic heterocycles. The molecule has 0 radical (unpaired) electrons. The van der Waals surface area contributed by atoms with Crippen molar-refractivity contribution in [2.75, 3.05) is 31.7 Å². The van der Waals surface area contributed by atoms with Crippen LogP contribution < -0.4 is 9.64 Å². The van der Waals surface area contributed by atoms with Crippen molar-refractivity contribution in [2.45, 2.75) is 19.8 Å². The number of methoxy groups -OCH3 is 1. The second-order valence-corrected chi connectivity index (χ2v) is 6.97. The van der Waals surface area contributed by atoms with Gasteiger partial charge in [-0.15, -0.1) is 10.2 Å². The molecule has 30 heavy (non-hydrogen) atoms. The summed E-state index contributed by atoms with van der Waals surface area (Å²) in [7, 11) is 1.62. The van der Waals surface area contributed by atoms with Crippen LogP contribution in [0.2, 0.25) is 0 Å². The smallest absolute Gasteiger partial charge is 0.310 e. The van der Waals surface area contributed by atoms with Gasteiger partial charge in [0.05, 0.1) is 19.6 Å². The van der Waals surface area contributed by atoms with Crippen molar-refractivity contribution >= 4 is 11.8 Å². The van der Waals surface area contributed by atoms with E-state index in [9.17, 15) is 4.79 Å². The quantitative estimate of drug-likeness (QED) is 0.568. The lowest BCUT2D eigenvalue weighted by atomic mass is 9.98. The molecule has 3 aromatic rings. The van der Waals surface area contributed by atoms with Crippen molar-refractivity contribution in [3.63, 3.8) is 0 Å². The number of ether oxygens (including phenoxy) is 2. The number of piperidine rings is 1. The topological polar surface area (TPSA) is 103 Å². The first-order chi connectivity index (χ1) is 14.7. The van der Waals surface area contributed by atoms with Crippen LogP contribution in [0.3, 0.4) is 0 Å². The molecule has 4 rings (SSSR count). The number of carbonyl (C=O) groups excluding carboxylic acids is 1. The van der Waals surface area contributed by atoms with Gasteiger partial charge in [0.25, 0.3) is 5.89 Å². The normalized spacial score (nSPS) is 16.3. The standard InChI is InChI=1S/C21H23N5O4/c1-3-29-21(27)15-5-4-12-26(13-15)18-11-10-17(23-24-18)20-22-19(25-30-20)14-6-8-16(28-2)9-7-14/h6-11,15H,3-5,12-13H2,1-2H3/t15-/m1/s1. The number of anilines is 1. The van der Waals surface area contributed by atoms with Gasteiger partial charge in [-0.1, -0.05) is 5.16 Å². The highest BCUT2D eigenvalue weighted by Crippen LogP contribution is 2.25. The van der Waals surface area contributed by atoms with Gasteiger partial charge < -0.3 is 18.9 Å². The fourth-order valence-corrected chi connectivity index (χ4v) is 3.43. The second kappa shape index (κ2) is 8.89. The summed E-state index contributed by atoms with van der Waals surface area (Å²) in [5, 5.41) is 12.6. The van der Waals surface area contributed by atoms with Crippen LogP contribution in [0.15, 0.2) is 40.9 Å². The van der Waals surface area contributed by atoms with E-state index in [1.165, 1.54) is 0 Å². The number of rotatable bonds is 6. The Morgan fingerprint density at radius 2 is 2.03 bits per heavy atom. The third-order valence-corrected chi connectivity index (χ3v) is 5.01. The molecule has 9 heteroatoms. The molecule has 2 aromatic heterocycles. The van der Waals surface area contributed by atoms with Gasteiger partial charge in [-0.2, -0.15) is 4.98 Å². The minimum atomic E-state index is -0.149. The fourth-order valence-electron chi connectivity index (χ4n) is 3.43. The Hall–Kier alpha value is -3.49. The van der Waals surface area contributed by atoms with Crippen molar-refractivity contribution in [2.24, 2.45) is 5.92 Å². The lowest BCUT2D eigenvalue weighted by Crippen LogP contribution is -2.39. The van der Waals surface area contributed by atoms with E-state index in [0.717, 1.165) is 30.7 Å². The summed E-state index contributed by atoms with van der Waals surface area (Å²) in [4.78, 5) is 18.5. The molecule has 1 saturated heterocycles. The number of nitrogens with zero attached hydrogens (tertiary/aromatic N) is 5. The Bertz CT molecular complexity index is 987. The zero-order valence-corrected chi connectivity index (χ0v) is 16.9. The van der Waals surface area contributed by atoms with Crippen LogP contribution in [0.5, 0.6) is 5.75 Å². The molecule has 1 aromatic carbocycles. The van der Waals surface area contributed by atoms with Gasteiger partial charge in [0.2, 0.25) is 5.82 Å². The number of carbonyl (C=O) groups is 1. The maximum absolute atomic E-state index is 12.0. The Morgan fingerprint density at radius 1 is 1.20 bits per heavy atom. The minimum absolute atomic E-state index is 0.136.